The highest BCUT2D eigenvalue weighted by atomic mass is 32.2. The third kappa shape index (κ3) is 4.43. The number of anilines is 1. The number of benzene rings is 2. The largest absolute Gasteiger partial charge is 0.482 e. The number of rotatable bonds is 6. The molecule has 0 aromatic heterocycles. The zero-order valence-corrected chi connectivity index (χ0v) is 14.9. The van der Waals surface area contributed by atoms with E-state index in [4.69, 9.17) is 9.47 Å². The van der Waals surface area contributed by atoms with Gasteiger partial charge in [-0.1, -0.05) is 18.2 Å². The van der Waals surface area contributed by atoms with Gasteiger partial charge in [-0.15, -0.1) is 11.8 Å². The van der Waals surface area contributed by atoms with Crippen LogP contribution < -0.4 is 10.1 Å². The summed E-state index contributed by atoms with van der Waals surface area (Å²) in [4.78, 5) is 36.7. The van der Waals surface area contributed by atoms with E-state index in [0.717, 1.165) is 4.90 Å². The predicted molar refractivity (Wildman–Crippen MR) is 97.6 cm³/mol. The predicted octanol–water partition coefficient (Wildman–Crippen LogP) is 2.92. The lowest BCUT2D eigenvalue weighted by molar-refractivity contribution is -0.141. The van der Waals surface area contributed by atoms with E-state index in [9.17, 15) is 14.4 Å². The number of hydrogen-bond donors (Lipinski definition) is 1. The van der Waals surface area contributed by atoms with E-state index in [0.29, 0.717) is 17.0 Å². The number of Topliss-reactive ketones (excluding diaryl/α,β-unsaturated/α-hetero) is 1. The second-order valence-electron chi connectivity index (χ2n) is 5.65. The van der Waals surface area contributed by atoms with E-state index in [1.165, 1.54) is 17.8 Å². The molecule has 0 spiro atoms. The molecule has 0 saturated heterocycles. The number of carbonyl (C=O) groups excluding carboxylic acids is 3. The Morgan fingerprint density at radius 1 is 1.23 bits per heavy atom. The summed E-state index contributed by atoms with van der Waals surface area (Å²) in [5.74, 6) is -0.578. The van der Waals surface area contributed by atoms with Crippen molar-refractivity contribution < 1.29 is 23.9 Å². The van der Waals surface area contributed by atoms with E-state index in [2.05, 4.69) is 5.32 Å². The van der Waals surface area contributed by atoms with Crippen LogP contribution in [0.5, 0.6) is 5.75 Å². The zero-order valence-electron chi connectivity index (χ0n) is 14.1. The SMILES string of the molecule is C[C@H](Sc1ccccc1)C(=O)OCC(=O)c1ccc2c(c1)NC(=O)CO2. The number of esters is 1. The smallest absolute Gasteiger partial charge is 0.319 e. The monoisotopic (exact) mass is 371 g/mol. The molecule has 1 N–H and O–H groups in total. The van der Waals surface area contributed by atoms with Gasteiger partial charge in [0.1, 0.15) is 11.0 Å². The molecular weight excluding hydrogens is 354 g/mol. The summed E-state index contributed by atoms with van der Waals surface area (Å²) >= 11 is 1.37. The van der Waals surface area contributed by atoms with Crippen molar-refractivity contribution in [3.8, 4) is 5.75 Å². The first-order chi connectivity index (χ1) is 12.5. The molecule has 0 saturated carbocycles. The molecule has 0 radical (unpaired) electrons. The van der Waals surface area contributed by atoms with E-state index in [1.807, 2.05) is 30.3 Å². The standard InChI is InChI=1S/C19H17NO5S/c1-12(26-14-5-3-2-4-6-14)19(23)25-10-16(21)13-7-8-17-15(9-13)20-18(22)11-24-17/h2-9,12H,10-11H2,1H3,(H,20,22)/t12-/m0/s1. The first-order valence-corrected chi connectivity index (χ1v) is 8.89. The fraction of sp³-hybridized carbons (Fsp3) is 0.211. The first kappa shape index (κ1) is 18.0. The molecule has 7 heteroatoms. The average molecular weight is 371 g/mol. The minimum absolute atomic E-state index is 0.0468. The number of nitrogens with one attached hydrogen (secondary N) is 1. The summed E-state index contributed by atoms with van der Waals surface area (Å²) in [6.45, 7) is 1.33. The Hall–Kier alpha value is -2.80. The molecule has 1 atom stereocenters. The molecule has 3 rings (SSSR count). The fourth-order valence-corrected chi connectivity index (χ4v) is 3.23. The van der Waals surface area contributed by atoms with Gasteiger partial charge in [-0.3, -0.25) is 14.4 Å². The van der Waals surface area contributed by atoms with Gasteiger partial charge in [0.05, 0.1) is 5.69 Å². The van der Waals surface area contributed by atoms with Gasteiger partial charge in [0, 0.05) is 10.5 Å². The number of ether oxygens (including phenoxy) is 2. The van der Waals surface area contributed by atoms with Gasteiger partial charge in [0.25, 0.3) is 5.91 Å². The number of fused-ring (bicyclic) bond motifs is 1. The number of thioether (sulfide) groups is 1. The van der Waals surface area contributed by atoms with Gasteiger partial charge in [-0.25, -0.2) is 0 Å². The highest BCUT2D eigenvalue weighted by Crippen LogP contribution is 2.28. The molecule has 1 amide bonds. The molecule has 2 aromatic rings. The highest BCUT2D eigenvalue weighted by Gasteiger charge is 2.20. The van der Waals surface area contributed by atoms with Crippen molar-refractivity contribution in [2.75, 3.05) is 18.5 Å². The Balaban J connectivity index is 1.56. The molecule has 6 nitrogen and oxygen atoms in total. The van der Waals surface area contributed by atoms with Gasteiger partial charge in [0.2, 0.25) is 0 Å². The second kappa shape index (κ2) is 8.05. The maximum Gasteiger partial charge on any atom is 0.319 e. The third-order valence-electron chi connectivity index (χ3n) is 3.67. The molecule has 1 aliphatic heterocycles. The van der Waals surface area contributed by atoms with Crippen LogP contribution in [0.25, 0.3) is 0 Å². The molecule has 0 aliphatic carbocycles. The number of amides is 1. The van der Waals surface area contributed by atoms with Crippen molar-refractivity contribution >= 4 is 35.1 Å². The van der Waals surface area contributed by atoms with Crippen LogP contribution in [0, 0.1) is 0 Å². The maximum atomic E-state index is 12.3. The lowest BCUT2D eigenvalue weighted by Gasteiger charge is -2.18. The van der Waals surface area contributed by atoms with Crippen molar-refractivity contribution in [3.63, 3.8) is 0 Å². The molecule has 26 heavy (non-hydrogen) atoms. The first-order valence-electron chi connectivity index (χ1n) is 8.01. The van der Waals surface area contributed by atoms with Crippen molar-refractivity contribution in [2.24, 2.45) is 0 Å². The molecule has 134 valence electrons. The van der Waals surface area contributed by atoms with Crippen LogP contribution in [0.1, 0.15) is 17.3 Å². The number of carbonyl (C=O) groups is 3. The van der Waals surface area contributed by atoms with Crippen molar-refractivity contribution in [1.82, 2.24) is 0 Å². The van der Waals surface area contributed by atoms with Crippen LogP contribution in [0.3, 0.4) is 0 Å². The number of hydrogen-bond acceptors (Lipinski definition) is 6. The van der Waals surface area contributed by atoms with Gasteiger partial charge in [0.15, 0.2) is 19.0 Å². The Labute approximate surface area is 154 Å². The van der Waals surface area contributed by atoms with E-state index < -0.39 is 11.2 Å². The lowest BCUT2D eigenvalue weighted by atomic mass is 10.1. The molecule has 0 unspecified atom stereocenters. The van der Waals surface area contributed by atoms with Crippen LogP contribution >= 0.6 is 11.8 Å². The van der Waals surface area contributed by atoms with E-state index in [1.54, 1.807) is 19.1 Å². The molecule has 1 aliphatic rings. The molecule has 1 heterocycles. The molecule has 2 aromatic carbocycles. The Kier molecular flexibility index (Phi) is 5.58. The van der Waals surface area contributed by atoms with Crippen LogP contribution in [-0.4, -0.2) is 36.1 Å². The lowest BCUT2D eigenvalue weighted by Crippen LogP contribution is -2.26. The van der Waals surface area contributed by atoms with Gasteiger partial charge >= 0.3 is 5.97 Å². The van der Waals surface area contributed by atoms with Gasteiger partial charge in [-0.2, -0.15) is 0 Å². The summed E-state index contributed by atoms with van der Waals surface area (Å²) in [6, 6.07) is 14.2. The van der Waals surface area contributed by atoms with E-state index >= 15 is 0 Å². The summed E-state index contributed by atoms with van der Waals surface area (Å²) in [7, 11) is 0. The summed E-state index contributed by atoms with van der Waals surface area (Å²) in [5, 5.41) is 2.21. The Morgan fingerprint density at radius 2 is 2.00 bits per heavy atom. The highest BCUT2D eigenvalue weighted by molar-refractivity contribution is 8.00. The quantitative estimate of drug-likeness (QED) is 0.478. The minimum atomic E-state index is -0.457. The Morgan fingerprint density at radius 3 is 2.77 bits per heavy atom. The Bertz CT molecular complexity index is 837. The normalized spacial score (nSPS) is 13.8. The third-order valence-corrected chi connectivity index (χ3v) is 4.76. The van der Waals surface area contributed by atoms with Gasteiger partial charge in [-0.05, 0) is 37.3 Å². The average Bonchev–Trinajstić information content (AvgIpc) is 2.65. The summed E-state index contributed by atoms with van der Waals surface area (Å²) in [6.07, 6.45) is 0. The summed E-state index contributed by atoms with van der Waals surface area (Å²) in [5.41, 5.74) is 0.775. The van der Waals surface area contributed by atoms with Crippen molar-refractivity contribution in [2.45, 2.75) is 17.1 Å². The molecule has 0 fully saturated rings. The van der Waals surface area contributed by atoms with E-state index in [-0.39, 0.29) is 24.9 Å². The second-order valence-corrected chi connectivity index (χ2v) is 7.07. The number of ketones is 1. The topological polar surface area (TPSA) is 81.7 Å². The van der Waals surface area contributed by atoms with Crippen molar-refractivity contribution in [1.29, 1.82) is 0 Å². The van der Waals surface area contributed by atoms with Gasteiger partial charge < -0.3 is 14.8 Å². The minimum Gasteiger partial charge on any atom is -0.482 e. The van der Waals surface area contributed by atoms with Crippen LogP contribution in [0.4, 0.5) is 5.69 Å². The molecule has 0 bridgehead atoms. The summed E-state index contributed by atoms with van der Waals surface area (Å²) < 4.78 is 10.4. The van der Waals surface area contributed by atoms with Crippen LogP contribution in [0.15, 0.2) is 53.4 Å². The zero-order chi connectivity index (χ0) is 18.5. The van der Waals surface area contributed by atoms with Crippen molar-refractivity contribution in [3.05, 3.63) is 54.1 Å². The van der Waals surface area contributed by atoms with Crippen LogP contribution in [0.2, 0.25) is 0 Å². The molecular formula is C19H17NO5S. The maximum absolute atomic E-state index is 12.3. The fourth-order valence-electron chi connectivity index (χ4n) is 2.35. The van der Waals surface area contributed by atoms with Crippen LogP contribution in [-0.2, 0) is 14.3 Å².